The summed E-state index contributed by atoms with van der Waals surface area (Å²) in [6, 6.07) is 14.1. The Hall–Kier alpha value is -2.33. The monoisotopic (exact) mass is 446 g/mol. The second-order valence-electron chi connectivity index (χ2n) is 5.87. The first-order valence-corrected chi connectivity index (χ1v) is 12.6. The smallest absolute Gasteiger partial charge is 0.258 e. The summed E-state index contributed by atoms with van der Waals surface area (Å²) >= 11 is 4.56. The quantitative estimate of drug-likeness (QED) is 0.454. The van der Waals surface area contributed by atoms with Gasteiger partial charge in [0.05, 0.1) is 20.2 Å². The number of anilines is 1. The lowest BCUT2D eigenvalue weighted by Crippen LogP contribution is -2.15. The number of carbonyl (C=O) groups excluding carboxylic acids is 1. The molecule has 1 N–H and O–H groups in total. The van der Waals surface area contributed by atoms with Gasteiger partial charge in [-0.2, -0.15) is 0 Å². The number of rotatable bonds is 5. The molecule has 1 amide bonds. The molecule has 0 radical (unpaired) electrons. The van der Waals surface area contributed by atoms with Crippen LogP contribution in [0.25, 0.3) is 20.3 Å². The van der Waals surface area contributed by atoms with Crippen LogP contribution in [0, 0.1) is 0 Å². The molecule has 0 saturated heterocycles. The number of thiophene rings is 2. The third-order valence-electron chi connectivity index (χ3n) is 3.88. The van der Waals surface area contributed by atoms with Gasteiger partial charge in [-0.1, -0.05) is 35.6 Å². The average Bonchev–Trinajstić information content (AvgIpc) is 3.41. The van der Waals surface area contributed by atoms with Crippen molar-refractivity contribution in [1.29, 1.82) is 0 Å². The summed E-state index contributed by atoms with van der Waals surface area (Å²) in [5.41, 5.74) is 0.921. The first-order chi connectivity index (χ1) is 13.4. The van der Waals surface area contributed by atoms with Crippen LogP contribution in [-0.2, 0) is 9.84 Å². The maximum Gasteiger partial charge on any atom is 0.258 e. The minimum Gasteiger partial charge on any atom is -0.298 e. The maximum absolute atomic E-state index is 12.8. The number of hydrogen-bond acceptors (Lipinski definition) is 7. The van der Waals surface area contributed by atoms with Crippen molar-refractivity contribution >= 4 is 54.9 Å². The van der Waals surface area contributed by atoms with E-state index < -0.39 is 15.7 Å². The number of amides is 1. The zero-order valence-corrected chi connectivity index (χ0v) is 17.8. The number of nitrogens with one attached hydrogen (secondary N) is 1. The summed E-state index contributed by atoms with van der Waals surface area (Å²) in [5.74, 6) is -0.495. The van der Waals surface area contributed by atoms with Crippen molar-refractivity contribution in [1.82, 2.24) is 4.98 Å². The highest BCUT2D eigenvalue weighted by molar-refractivity contribution is 7.90. The van der Waals surface area contributed by atoms with E-state index in [4.69, 9.17) is 0 Å². The van der Waals surface area contributed by atoms with Gasteiger partial charge in [-0.3, -0.25) is 10.1 Å². The fourth-order valence-electron chi connectivity index (χ4n) is 2.67. The third-order valence-corrected chi connectivity index (χ3v) is 7.93. The van der Waals surface area contributed by atoms with Crippen LogP contribution in [0.15, 0.2) is 64.2 Å². The van der Waals surface area contributed by atoms with E-state index in [0.717, 1.165) is 26.6 Å². The highest BCUT2D eigenvalue weighted by Crippen LogP contribution is 2.42. The zero-order valence-electron chi connectivity index (χ0n) is 14.6. The van der Waals surface area contributed by atoms with E-state index >= 15 is 0 Å². The number of hydrogen-bond donors (Lipinski definition) is 1. The lowest BCUT2D eigenvalue weighted by molar-refractivity contribution is 0.102. The van der Waals surface area contributed by atoms with Gasteiger partial charge >= 0.3 is 0 Å². The molecule has 28 heavy (non-hydrogen) atoms. The molecule has 9 heteroatoms. The highest BCUT2D eigenvalue weighted by Gasteiger charge is 2.21. The fourth-order valence-corrected chi connectivity index (χ4v) is 6.17. The number of sulfone groups is 1. The second kappa shape index (κ2) is 7.59. The lowest BCUT2D eigenvalue weighted by Gasteiger charge is -2.06. The van der Waals surface area contributed by atoms with Crippen molar-refractivity contribution in [3.63, 3.8) is 0 Å². The summed E-state index contributed by atoms with van der Waals surface area (Å²) in [4.78, 5) is 20.4. The average molecular weight is 447 g/mol. The molecule has 4 aromatic rings. The van der Waals surface area contributed by atoms with E-state index in [9.17, 15) is 13.2 Å². The number of benzene rings is 1. The molecule has 0 aliphatic rings. The van der Waals surface area contributed by atoms with Gasteiger partial charge in [0.1, 0.15) is 5.69 Å². The van der Waals surface area contributed by atoms with Gasteiger partial charge in [0.25, 0.3) is 5.91 Å². The van der Waals surface area contributed by atoms with Gasteiger partial charge in [0.15, 0.2) is 15.0 Å². The van der Waals surface area contributed by atoms with E-state index in [1.165, 1.54) is 23.5 Å². The molecule has 5 nitrogen and oxygen atoms in total. The molecule has 3 heterocycles. The van der Waals surface area contributed by atoms with Gasteiger partial charge in [-0.05, 0) is 35.0 Å². The molecular formula is C19H14N2O3S4. The first-order valence-electron chi connectivity index (χ1n) is 8.12. The Morgan fingerprint density at radius 1 is 0.964 bits per heavy atom. The second-order valence-corrected chi connectivity index (χ2v) is 10.8. The van der Waals surface area contributed by atoms with Crippen molar-refractivity contribution < 1.29 is 13.2 Å². The summed E-state index contributed by atoms with van der Waals surface area (Å²) in [5, 5.41) is 7.17. The van der Waals surface area contributed by atoms with E-state index in [1.54, 1.807) is 34.8 Å². The number of nitrogens with zero attached hydrogens (tertiary/aromatic N) is 1. The van der Waals surface area contributed by atoms with Gasteiger partial charge in [0, 0.05) is 11.1 Å². The molecule has 1 aromatic carbocycles. The Morgan fingerprint density at radius 3 is 2.29 bits per heavy atom. The van der Waals surface area contributed by atoms with Crippen LogP contribution < -0.4 is 5.32 Å². The Bertz CT molecular complexity index is 1170. The Labute approximate surface area is 174 Å². The predicted molar refractivity (Wildman–Crippen MR) is 116 cm³/mol. The number of carbonyl (C=O) groups is 1. The molecule has 0 atom stereocenters. The topological polar surface area (TPSA) is 76.1 Å². The van der Waals surface area contributed by atoms with Crippen LogP contribution in [-0.4, -0.2) is 25.6 Å². The molecule has 142 valence electrons. The van der Waals surface area contributed by atoms with Crippen LogP contribution in [0.3, 0.4) is 0 Å². The van der Waals surface area contributed by atoms with Gasteiger partial charge in [0.2, 0.25) is 0 Å². The van der Waals surface area contributed by atoms with E-state index in [2.05, 4.69) is 10.3 Å². The molecule has 4 rings (SSSR count). The van der Waals surface area contributed by atoms with Crippen LogP contribution in [0.5, 0.6) is 0 Å². The molecule has 0 aliphatic carbocycles. The van der Waals surface area contributed by atoms with E-state index in [-0.39, 0.29) is 10.5 Å². The van der Waals surface area contributed by atoms with Gasteiger partial charge in [-0.25, -0.2) is 13.4 Å². The molecule has 0 fully saturated rings. The molecule has 0 bridgehead atoms. The fraction of sp³-hybridized carbons (Fsp3) is 0.0526. The highest BCUT2D eigenvalue weighted by atomic mass is 32.2. The molecule has 0 aliphatic heterocycles. The van der Waals surface area contributed by atoms with Crippen LogP contribution in [0.1, 0.15) is 10.4 Å². The minimum atomic E-state index is -3.52. The maximum atomic E-state index is 12.8. The summed E-state index contributed by atoms with van der Waals surface area (Å²) < 4.78 is 24.0. The van der Waals surface area contributed by atoms with Crippen LogP contribution in [0.4, 0.5) is 5.13 Å². The van der Waals surface area contributed by atoms with Gasteiger partial charge < -0.3 is 0 Å². The van der Waals surface area contributed by atoms with Crippen molar-refractivity contribution in [2.75, 3.05) is 11.6 Å². The largest absolute Gasteiger partial charge is 0.298 e. The minimum absolute atomic E-state index is 0.000941. The molecular weight excluding hydrogens is 432 g/mol. The predicted octanol–water partition coefficient (Wildman–Crippen LogP) is 5.26. The summed E-state index contributed by atoms with van der Waals surface area (Å²) in [7, 11) is -3.52. The van der Waals surface area contributed by atoms with Crippen molar-refractivity contribution in [3.05, 3.63) is 64.9 Å². The standard InChI is InChI=1S/C19H14N2O3S4/c1-28(23,24)15-9-3-2-6-12(15)18(22)21-19-20-16(13-7-4-10-25-13)17(27-19)14-8-5-11-26-14/h2-11H,1H3,(H,20,21,22). The molecule has 0 unspecified atom stereocenters. The van der Waals surface area contributed by atoms with Crippen molar-refractivity contribution in [2.45, 2.75) is 4.90 Å². The zero-order chi connectivity index (χ0) is 19.7. The number of aromatic nitrogens is 1. The van der Waals surface area contributed by atoms with Crippen molar-refractivity contribution in [3.8, 4) is 20.3 Å². The van der Waals surface area contributed by atoms with E-state index in [1.807, 2.05) is 35.0 Å². The normalized spacial score (nSPS) is 11.5. The SMILES string of the molecule is CS(=O)(=O)c1ccccc1C(=O)Nc1nc(-c2cccs2)c(-c2cccs2)s1. The Balaban J connectivity index is 1.72. The Morgan fingerprint density at radius 2 is 1.64 bits per heavy atom. The van der Waals surface area contributed by atoms with Crippen LogP contribution >= 0.6 is 34.0 Å². The molecule has 0 spiro atoms. The molecule has 3 aromatic heterocycles. The lowest BCUT2D eigenvalue weighted by atomic mass is 10.2. The summed E-state index contributed by atoms with van der Waals surface area (Å²) in [6.07, 6.45) is 1.09. The number of thiazole rings is 1. The summed E-state index contributed by atoms with van der Waals surface area (Å²) in [6.45, 7) is 0. The van der Waals surface area contributed by atoms with Crippen LogP contribution in [0.2, 0.25) is 0 Å². The third kappa shape index (κ3) is 3.79. The van der Waals surface area contributed by atoms with Gasteiger partial charge in [-0.15, -0.1) is 22.7 Å². The van der Waals surface area contributed by atoms with E-state index in [0.29, 0.717) is 5.13 Å². The van der Waals surface area contributed by atoms with Crippen molar-refractivity contribution in [2.24, 2.45) is 0 Å². The first kappa shape index (κ1) is 19.0. The molecule has 0 saturated carbocycles. The Kier molecular flexibility index (Phi) is 5.15.